The minimum absolute atomic E-state index is 0.284. The van der Waals surface area contributed by atoms with Crippen LogP contribution in [0, 0.1) is 6.92 Å². The molecule has 126 valence electrons. The number of piperazine rings is 1. The Bertz CT molecular complexity index is 726. The molecule has 0 radical (unpaired) electrons. The minimum atomic E-state index is -0.294. The van der Waals surface area contributed by atoms with E-state index >= 15 is 0 Å². The highest BCUT2D eigenvalue weighted by Crippen LogP contribution is 2.23. The number of halogens is 1. The van der Waals surface area contributed by atoms with Crippen molar-refractivity contribution in [2.45, 2.75) is 6.92 Å². The highest BCUT2D eigenvalue weighted by Gasteiger charge is 2.17. The normalized spacial score (nSPS) is 15.4. The highest BCUT2D eigenvalue weighted by atomic mass is 35.5. The minimum Gasteiger partial charge on any atom is -0.353 e. The van der Waals surface area contributed by atoms with Gasteiger partial charge in [0.25, 0.3) is 5.91 Å². The number of hydrogen-bond donors (Lipinski definition) is 1. The SMILES string of the molecule is Cc1c(Cl)cccc1NC(=O)c1cnc(N2CCN(C)CC2)cn1. The first kappa shape index (κ1) is 16.7. The first-order valence-electron chi connectivity index (χ1n) is 7.86. The summed E-state index contributed by atoms with van der Waals surface area (Å²) >= 11 is 6.07. The Labute approximate surface area is 146 Å². The predicted octanol–water partition coefficient (Wildman–Crippen LogP) is 2.44. The third-order valence-corrected chi connectivity index (χ3v) is 4.62. The van der Waals surface area contributed by atoms with Crippen LogP contribution in [0.1, 0.15) is 16.1 Å². The standard InChI is InChI=1S/C17H20ClN5O/c1-12-13(18)4-3-5-14(12)21-17(24)15-10-20-16(11-19-15)23-8-6-22(2)7-9-23/h3-5,10-11H,6-9H2,1-2H3,(H,21,24). The van der Waals surface area contributed by atoms with Crippen LogP contribution in [0.25, 0.3) is 0 Å². The second-order valence-corrected chi connectivity index (χ2v) is 6.32. The average Bonchev–Trinajstić information content (AvgIpc) is 2.60. The van der Waals surface area contributed by atoms with Gasteiger partial charge in [-0.15, -0.1) is 0 Å². The van der Waals surface area contributed by atoms with Crippen LogP contribution in [-0.2, 0) is 0 Å². The lowest BCUT2D eigenvalue weighted by Crippen LogP contribution is -2.44. The van der Waals surface area contributed by atoms with Gasteiger partial charge in [-0.3, -0.25) is 4.79 Å². The van der Waals surface area contributed by atoms with Crippen LogP contribution >= 0.6 is 11.6 Å². The van der Waals surface area contributed by atoms with E-state index in [-0.39, 0.29) is 11.6 Å². The van der Waals surface area contributed by atoms with E-state index in [9.17, 15) is 4.79 Å². The lowest BCUT2D eigenvalue weighted by atomic mass is 10.2. The van der Waals surface area contributed by atoms with Crippen LogP contribution in [0.4, 0.5) is 11.5 Å². The molecule has 1 amide bonds. The van der Waals surface area contributed by atoms with Crippen LogP contribution < -0.4 is 10.2 Å². The third-order valence-electron chi connectivity index (χ3n) is 4.21. The van der Waals surface area contributed by atoms with E-state index in [4.69, 9.17) is 11.6 Å². The van der Waals surface area contributed by atoms with Gasteiger partial charge in [-0.25, -0.2) is 9.97 Å². The summed E-state index contributed by atoms with van der Waals surface area (Å²) in [5.74, 6) is 0.511. The molecule has 1 aromatic heterocycles. The molecule has 1 aromatic carbocycles. The molecule has 1 N–H and O–H groups in total. The summed E-state index contributed by atoms with van der Waals surface area (Å²) in [5, 5.41) is 3.44. The van der Waals surface area contributed by atoms with Gasteiger partial charge >= 0.3 is 0 Å². The Morgan fingerprint density at radius 1 is 1.17 bits per heavy atom. The molecule has 0 atom stereocenters. The number of likely N-dealkylation sites (N-methyl/N-ethyl adjacent to an activating group) is 1. The van der Waals surface area contributed by atoms with Gasteiger partial charge in [0.1, 0.15) is 11.5 Å². The summed E-state index contributed by atoms with van der Waals surface area (Å²) in [5.41, 5.74) is 1.79. The maximum absolute atomic E-state index is 12.3. The Morgan fingerprint density at radius 2 is 1.92 bits per heavy atom. The summed E-state index contributed by atoms with van der Waals surface area (Å²) in [6.07, 6.45) is 3.17. The third kappa shape index (κ3) is 3.66. The maximum atomic E-state index is 12.3. The summed E-state index contributed by atoms with van der Waals surface area (Å²) in [6, 6.07) is 5.40. The number of carbonyl (C=O) groups is 1. The van der Waals surface area contributed by atoms with E-state index in [1.165, 1.54) is 6.20 Å². The van der Waals surface area contributed by atoms with Crippen LogP contribution in [0.2, 0.25) is 5.02 Å². The van der Waals surface area contributed by atoms with Gasteiger partial charge in [0.05, 0.1) is 12.4 Å². The topological polar surface area (TPSA) is 61.4 Å². The van der Waals surface area contributed by atoms with Gasteiger partial charge in [0.2, 0.25) is 0 Å². The molecule has 0 aliphatic carbocycles. The Hall–Kier alpha value is -2.18. The fourth-order valence-electron chi connectivity index (χ4n) is 2.57. The van der Waals surface area contributed by atoms with Crippen LogP contribution in [0.15, 0.2) is 30.6 Å². The molecule has 7 heteroatoms. The zero-order valence-corrected chi connectivity index (χ0v) is 14.5. The monoisotopic (exact) mass is 345 g/mol. The van der Waals surface area contributed by atoms with Gasteiger partial charge in [0, 0.05) is 36.9 Å². The second kappa shape index (κ2) is 7.15. The number of rotatable bonds is 3. The number of anilines is 2. The summed E-state index contributed by atoms with van der Waals surface area (Å²) in [7, 11) is 2.11. The smallest absolute Gasteiger partial charge is 0.275 e. The van der Waals surface area contributed by atoms with E-state index in [2.05, 4.69) is 32.1 Å². The van der Waals surface area contributed by atoms with E-state index in [1.807, 2.05) is 13.0 Å². The van der Waals surface area contributed by atoms with Crippen molar-refractivity contribution in [1.29, 1.82) is 0 Å². The molecule has 1 saturated heterocycles. The van der Waals surface area contributed by atoms with Crippen LogP contribution in [0.3, 0.4) is 0 Å². The van der Waals surface area contributed by atoms with Gasteiger partial charge in [-0.2, -0.15) is 0 Å². The number of amides is 1. The molecule has 0 unspecified atom stereocenters. The molecular weight excluding hydrogens is 326 g/mol. The van der Waals surface area contributed by atoms with Gasteiger partial charge in [-0.1, -0.05) is 17.7 Å². The lowest BCUT2D eigenvalue weighted by Gasteiger charge is -2.32. The van der Waals surface area contributed by atoms with E-state index in [0.29, 0.717) is 10.7 Å². The van der Waals surface area contributed by atoms with Crippen molar-refractivity contribution in [2.24, 2.45) is 0 Å². The largest absolute Gasteiger partial charge is 0.353 e. The van der Waals surface area contributed by atoms with Crippen molar-refractivity contribution >= 4 is 29.0 Å². The number of hydrogen-bond acceptors (Lipinski definition) is 5. The number of nitrogens with one attached hydrogen (secondary N) is 1. The second-order valence-electron chi connectivity index (χ2n) is 5.92. The fraction of sp³-hybridized carbons (Fsp3) is 0.353. The average molecular weight is 346 g/mol. The van der Waals surface area contributed by atoms with Gasteiger partial charge in [-0.05, 0) is 31.7 Å². The molecule has 24 heavy (non-hydrogen) atoms. The zero-order valence-electron chi connectivity index (χ0n) is 13.8. The zero-order chi connectivity index (χ0) is 17.1. The molecule has 1 aliphatic heterocycles. The number of nitrogens with zero attached hydrogens (tertiary/aromatic N) is 4. The first-order chi connectivity index (χ1) is 11.5. The van der Waals surface area contributed by atoms with Gasteiger partial charge < -0.3 is 15.1 Å². The summed E-state index contributed by atoms with van der Waals surface area (Å²) in [4.78, 5) is 25.4. The number of carbonyl (C=O) groups excluding carboxylic acids is 1. The molecule has 2 heterocycles. The number of benzene rings is 1. The molecule has 1 fully saturated rings. The molecule has 6 nitrogen and oxygen atoms in total. The Morgan fingerprint density at radius 3 is 2.58 bits per heavy atom. The number of aromatic nitrogens is 2. The summed E-state index contributed by atoms with van der Waals surface area (Å²) in [6.45, 7) is 5.69. The quantitative estimate of drug-likeness (QED) is 0.925. The molecule has 3 rings (SSSR count). The maximum Gasteiger partial charge on any atom is 0.275 e. The first-order valence-corrected chi connectivity index (χ1v) is 8.24. The van der Waals surface area contributed by atoms with E-state index < -0.39 is 0 Å². The Balaban J connectivity index is 1.69. The molecule has 2 aromatic rings. The van der Waals surface area contributed by atoms with Gasteiger partial charge in [0.15, 0.2) is 0 Å². The summed E-state index contributed by atoms with van der Waals surface area (Å²) < 4.78 is 0. The molecule has 0 bridgehead atoms. The molecular formula is C17H20ClN5O. The van der Waals surface area contributed by atoms with E-state index in [1.54, 1.807) is 18.3 Å². The fourth-order valence-corrected chi connectivity index (χ4v) is 2.74. The molecule has 0 saturated carbocycles. The van der Waals surface area contributed by atoms with E-state index in [0.717, 1.165) is 37.6 Å². The van der Waals surface area contributed by atoms with Crippen LogP contribution in [-0.4, -0.2) is 54.0 Å². The highest BCUT2D eigenvalue weighted by molar-refractivity contribution is 6.31. The predicted molar refractivity (Wildman–Crippen MR) is 95.9 cm³/mol. The van der Waals surface area contributed by atoms with Crippen molar-refractivity contribution in [2.75, 3.05) is 43.4 Å². The molecule has 1 aliphatic rings. The lowest BCUT2D eigenvalue weighted by molar-refractivity contribution is 0.102. The van der Waals surface area contributed by atoms with Crippen molar-refractivity contribution < 1.29 is 4.79 Å². The van der Waals surface area contributed by atoms with Crippen molar-refractivity contribution in [3.8, 4) is 0 Å². The Kier molecular flexibility index (Phi) is 4.97. The van der Waals surface area contributed by atoms with Crippen LogP contribution in [0.5, 0.6) is 0 Å². The molecule has 0 spiro atoms. The van der Waals surface area contributed by atoms with Crippen molar-refractivity contribution in [1.82, 2.24) is 14.9 Å². The van der Waals surface area contributed by atoms with Crippen molar-refractivity contribution in [3.05, 3.63) is 46.9 Å². The van der Waals surface area contributed by atoms with Crippen molar-refractivity contribution in [3.63, 3.8) is 0 Å².